The van der Waals surface area contributed by atoms with Crippen molar-refractivity contribution < 1.29 is 9.85 Å². The molecule has 6 N–H and O–H groups in total. The Bertz CT molecular complexity index is 960. The first-order chi connectivity index (χ1) is 17.8. The summed E-state index contributed by atoms with van der Waals surface area (Å²) in [6, 6.07) is 0. The van der Waals surface area contributed by atoms with Crippen LogP contribution in [0.3, 0.4) is 0 Å². The van der Waals surface area contributed by atoms with Gasteiger partial charge in [0, 0.05) is 60.6 Å². The number of rotatable bonds is 20. The zero-order valence-corrected chi connectivity index (χ0v) is 22.5. The number of H-pyrrole nitrogens is 2. The summed E-state index contributed by atoms with van der Waals surface area (Å²) >= 11 is 3.36. The Morgan fingerprint density at radius 1 is 0.811 bits per heavy atom. The molecule has 14 nitrogen and oxygen atoms in total. The second kappa shape index (κ2) is 17.1. The number of imidazole rings is 2. The summed E-state index contributed by atoms with van der Waals surface area (Å²) < 4.78 is 0. The van der Waals surface area contributed by atoms with Gasteiger partial charge in [-0.05, 0) is 20.3 Å². The molecule has 0 saturated carbocycles. The van der Waals surface area contributed by atoms with Gasteiger partial charge in [0.25, 0.3) is 12.4 Å². The van der Waals surface area contributed by atoms with Crippen LogP contribution in [-0.4, -0.2) is 67.5 Å². The Hall–Kier alpha value is -3.40. The second-order valence-electron chi connectivity index (χ2n) is 7.77. The number of aromatic amines is 2. The molecular weight excluding hydrogens is 520 g/mol. The molecule has 0 radical (unpaired) electrons. The minimum absolute atomic E-state index is 0.324. The highest BCUT2D eigenvalue weighted by atomic mass is 32.2. The molecule has 2 aromatic heterocycles. The van der Waals surface area contributed by atoms with Gasteiger partial charge in [-0.3, -0.25) is 20.2 Å². The van der Waals surface area contributed by atoms with Crippen molar-refractivity contribution >= 4 is 23.5 Å². The molecule has 0 aliphatic rings. The number of nitro groups is 2. The third-order valence-electron chi connectivity index (χ3n) is 4.92. The fourth-order valence-corrected chi connectivity index (χ4v) is 4.72. The zero-order chi connectivity index (χ0) is 26.9. The van der Waals surface area contributed by atoms with Crippen molar-refractivity contribution in [2.75, 3.05) is 37.7 Å². The number of nitrogens with zero attached hydrogens (tertiary/aromatic N) is 4. The van der Waals surface area contributed by atoms with E-state index < -0.39 is 9.85 Å². The van der Waals surface area contributed by atoms with E-state index in [1.165, 1.54) is 0 Å². The van der Waals surface area contributed by atoms with Crippen LogP contribution >= 0.6 is 23.5 Å². The molecule has 2 rings (SSSR count). The summed E-state index contributed by atoms with van der Waals surface area (Å²) in [6.07, 6.45) is 5.72. The lowest BCUT2D eigenvalue weighted by Gasteiger charge is -2.13. The Morgan fingerprint density at radius 3 is 1.57 bits per heavy atom. The SMILES string of the molecule is Cc1[nH]cnc1CSCCN/C(=C\[N+](=O)[O-])NCCCN/C(=C/[N+](=O)[O-])NCCSCc1nc[nH]c1C. The lowest BCUT2D eigenvalue weighted by atomic mass is 10.4. The Labute approximate surface area is 223 Å². The number of thioether (sulfide) groups is 2. The van der Waals surface area contributed by atoms with Gasteiger partial charge >= 0.3 is 0 Å². The summed E-state index contributed by atoms with van der Waals surface area (Å²) in [4.78, 5) is 35.4. The highest BCUT2D eigenvalue weighted by Gasteiger charge is 2.06. The Kier molecular flexibility index (Phi) is 13.8. The summed E-state index contributed by atoms with van der Waals surface area (Å²) in [5, 5.41) is 34.0. The molecule has 0 aliphatic carbocycles. The van der Waals surface area contributed by atoms with Crippen molar-refractivity contribution in [1.82, 2.24) is 41.2 Å². The molecule has 2 heterocycles. The quantitative estimate of drug-likeness (QED) is 0.0791. The third-order valence-corrected chi connectivity index (χ3v) is 6.86. The van der Waals surface area contributed by atoms with Crippen molar-refractivity contribution in [3.63, 3.8) is 0 Å². The summed E-state index contributed by atoms with van der Waals surface area (Å²) in [5.41, 5.74) is 4.07. The average Bonchev–Trinajstić information content (AvgIpc) is 3.44. The highest BCUT2D eigenvalue weighted by molar-refractivity contribution is 7.98. The Balaban J connectivity index is 1.62. The maximum atomic E-state index is 10.9. The first-order valence-electron chi connectivity index (χ1n) is 11.6. The minimum atomic E-state index is -0.513. The van der Waals surface area contributed by atoms with Crippen molar-refractivity contribution in [1.29, 1.82) is 0 Å². The van der Waals surface area contributed by atoms with Gasteiger partial charge in [0.2, 0.25) is 0 Å². The molecule has 0 fully saturated rings. The standard InChI is InChI=1S/C21H34N10O4S2/c1-16-18(28-14-26-16)12-36-8-6-24-20(10-30(32)33)22-4-3-5-23-21(11-31(34)35)25-7-9-37-13-19-17(2)27-15-29-19/h10-11,14-15,22-25H,3-9,12-13H2,1-2H3,(H,26,28)(H,27,29)/b20-10-,21-11-. The van der Waals surface area contributed by atoms with Crippen LogP contribution in [-0.2, 0) is 11.5 Å². The van der Waals surface area contributed by atoms with Crippen LogP contribution in [0.4, 0.5) is 0 Å². The molecule has 37 heavy (non-hydrogen) atoms. The first kappa shape index (κ1) is 29.8. The number of nitrogens with one attached hydrogen (secondary N) is 6. The molecule has 204 valence electrons. The van der Waals surface area contributed by atoms with Gasteiger partial charge in [-0.15, -0.1) is 0 Å². The molecule has 0 atom stereocenters. The van der Waals surface area contributed by atoms with E-state index >= 15 is 0 Å². The number of hydrogen-bond acceptors (Lipinski definition) is 12. The monoisotopic (exact) mass is 554 g/mol. The molecule has 0 amide bonds. The van der Waals surface area contributed by atoms with Gasteiger partial charge in [0.15, 0.2) is 11.6 Å². The predicted octanol–water partition coefficient (Wildman–Crippen LogP) is 1.82. The van der Waals surface area contributed by atoms with E-state index in [0.717, 1.165) is 58.2 Å². The predicted molar refractivity (Wildman–Crippen MR) is 146 cm³/mol. The molecule has 0 spiro atoms. The van der Waals surface area contributed by atoms with Gasteiger partial charge in [0.05, 0.1) is 33.9 Å². The van der Waals surface area contributed by atoms with E-state index in [2.05, 4.69) is 41.2 Å². The normalized spacial score (nSPS) is 11.8. The van der Waals surface area contributed by atoms with E-state index in [-0.39, 0.29) is 0 Å². The molecular formula is C21H34N10O4S2. The second-order valence-corrected chi connectivity index (χ2v) is 9.98. The van der Waals surface area contributed by atoms with Crippen LogP contribution in [0.1, 0.15) is 29.2 Å². The minimum Gasteiger partial charge on any atom is -0.367 e. The fourth-order valence-electron chi connectivity index (χ4n) is 2.97. The molecule has 16 heteroatoms. The highest BCUT2D eigenvalue weighted by Crippen LogP contribution is 2.12. The first-order valence-corrected chi connectivity index (χ1v) is 14.0. The van der Waals surface area contributed by atoms with E-state index in [9.17, 15) is 20.2 Å². The molecule has 0 bridgehead atoms. The molecule has 0 saturated heterocycles. The molecule has 0 aliphatic heterocycles. The number of aryl methyl sites for hydroxylation is 2. The van der Waals surface area contributed by atoms with E-state index in [4.69, 9.17) is 0 Å². The van der Waals surface area contributed by atoms with Gasteiger partial charge in [0.1, 0.15) is 0 Å². The van der Waals surface area contributed by atoms with Crippen LogP contribution in [0.5, 0.6) is 0 Å². The zero-order valence-electron chi connectivity index (χ0n) is 20.9. The van der Waals surface area contributed by atoms with Crippen LogP contribution < -0.4 is 21.3 Å². The number of hydrogen-bond donors (Lipinski definition) is 6. The Morgan fingerprint density at radius 2 is 1.22 bits per heavy atom. The van der Waals surface area contributed by atoms with Crippen molar-refractivity contribution in [3.8, 4) is 0 Å². The molecule has 0 aromatic carbocycles. The topological polar surface area (TPSA) is 192 Å². The smallest absolute Gasteiger partial charge is 0.274 e. The largest absolute Gasteiger partial charge is 0.367 e. The van der Waals surface area contributed by atoms with Gasteiger partial charge in [-0.1, -0.05) is 0 Å². The third kappa shape index (κ3) is 12.9. The van der Waals surface area contributed by atoms with Crippen molar-refractivity contribution in [2.45, 2.75) is 31.8 Å². The summed E-state index contributed by atoms with van der Waals surface area (Å²) in [5.74, 6) is 3.69. The van der Waals surface area contributed by atoms with E-state index in [1.54, 1.807) is 36.2 Å². The maximum Gasteiger partial charge on any atom is 0.274 e. The molecule has 0 unspecified atom stereocenters. The van der Waals surface area contributed by atoms with Crippen LogP contribution in [0, 0.1) is 34.1 Å². The number of aromatic nitrogens is 4. The summed E-state index contributed by atoms with van der Waals surface area (Å²) in [7, 11) is 0. The fraction of sp³-hybridized carbons (Fsp3) is 0.524. The summed E-state index contributed by atoms with van der Waals surface area (Å²) in [6.45, 7) is 5.93. The van der Waals surface area contributed by atoms with Gasteiger partial charge in [-0.25, -0.2) is 9.97 Å². The molecule has 2 aromatic rings. The van der Waals surface area contributed by atoms with E-state index in [0.29, 0.717) is 44.2 Å². The lowest BCUT2D eigenvalue weighted by molar-refractivity contribution is -0.404. The lowest BCUT2D eigenvalue weighted by Crippen LogP contribution is -2.33. The van der Waals surface area contributed by atoms with Crippen LogP contribution in [0.2, 0.25) is 0 Å². The maximum absolute atomic E-state index is 10.9. The van der Waals surface area contributed by atoms with Gasteiger partial charge < -0.3 is 31.2 Å². The van der Waals surface area contributed by atoms with Gasteiger partial charge in [-0.2, -0.15) is 23.5 Å². The van der Waals surface area contributed by atoms with Crippen molar-refractivity contribution in [3.05, 3.63) is 79.7 Å². The van der Waals surface area contributed by atoms with Crippen LogP contribution in [0.25, 0.3) is 0 Å². The average molecular weight is 555 g/mol. The van der Waals surface area contributed by atoms with Crippen molar-refractivity contribution in [2.24, 2.45) is 0 Å². The van der Waals surface area contributed by atoms with Crippen LogP contribution in [0.15, 0.2) is 36.7 Å². The van der Waals surface area contributed by atoms with E-state index in [1.807, 2.05) is 13.8 Å².